The molecule has 0 heterocycles. The molecule has 100 valence electrons. The van der Waals surface area contributed by atoms with Gasteiger partial charge in [0, 0.05) is 23.2 Å². The third-order valence-corrected chi connectivity index (χ3v) is 3.96. The summed E-state index contributed by atoms with van der Waals surface area (Å²) in [5.74, 6) is 0. The summed E-state index contributed by atoms with van der Waals surface area (Å²) < 4.78 is 1.16. The molecule has 0 spiro atoms. The molecule has 0 unspecified atom stereocenters. The maximum absolute atomic E-state index is 5.84. The van der Waals surface area contributed by atoms with Gasteiger partial charge in [-0.1, -0.05) is 46.3 Å². The lowest BCUT2D eigenvalue weighted by atomic mass is 10.1. The second-order valence-corrected chi connectivity index (χ2v) is 5.81. The SMILES string of the molecule is Cc1cc(CN(C)Cc2ccccc2Br)ccc1N. The van der Waals surface area contributed by atoms with Crippen molar-refractivity contribution in [2.45, 2.75) is 20.0 Å². The Morgan fingerprint density at radius 3 is 2.53 bits per heavy atom. The Morgan fingerprint density at radius 2 is 1.84 bits per heavy atom. The van der Waals surface area contributed by atoms with Gasteiger partial charge < -0.3 is 5.73 Å². The van der Waals surface area contributed by atoms with Crippen LogP contribution in [0, 0.1) is 6.92 Å². The van der Waals surface area contributed by atoms with Crippen LogP contribution in [0.2, 0.25) is 0 Å². The lowest BCUT2D eigenvalue weighted by Crippen LogP contribution is -2.17. The number of nitrogens with two attached hydrogens (primary N) is 1. The Labute approximate surface area is 123 Å². The Bertz CT molecular complexity index is 566. The molecule has 2 rings (SSSR count). The highest BCUT2D eigenvalue weighted by atomic mass is 79.9. The van der Waals surface area contributed by atoms with Crippen molar-refractivity contribution in [3.8, 4) is 0 Å². The van der Waals surface area contributed by atoms with E-state index in [2.05, 4.69) is 58.2 Å². The van der Waals surface area contributed by atoms with Crippen LogP contribution >= 0.6 is 15.9 Å². The molecule has 2 aromatic rings. The van der Waals surface area contributed by atoms with Gasteiger partial charge in [0.25, 0.3) is 0 Å². The van der Waals surface area contributed by atoms with Gasteiger partial charge in [0.15, 0.2) is 0 Å². The van der Waals surface area contributed by atoms with Crippen LogP contribution in [0.4, 0.5) is 5.69 Å². The van der Waals surface area contributed by atoms with Gasteiger partial charge >= 0.3 is 0 Å². The molecule has 2 aromatic carbocycles. The Kier molecular flexibility index (Phi) is 4.61. The van der Waals surface area contributed by atoms with E-state index < -0.39 is 0 Å². The molecule has 2 N–H and O–H groups in total. The highest BCUT2D eigenvalue weighted by Gasteiger charge is 2.05. The molecule has 0 fully saturated rings. The van der Waals surface area contributed by atoms with Gasteiger partial charge in [0.05, 0.1) is 0 Å². The van der Waals surface area contributed by atoms with E-state index >= 15 is 0 Å². The largest absolute Gasteiger partial charge is 0.399 e. The van der Waals surface area contributed by atoms with Crippen molar-refractivity contribution in [3.63, 3.8) is 0 Å². The number of benzene rings is 2. The molecule has 0 saturated carbocycles. The minimum absolute atomic E-state index is 0.859. The molecule has 0 aromatic heterocycles. The first-order valence-corrected chi connectivity index (χ1v) is 7.12. The fourth-order valence-electron chi connectivity index (χ4n) is 2.12. The van der Waals surface area contributed by atoms with E-state index in [1.54, 1.807) is 0 Å². The maximum Gasteiger partial charge on any atom is 0.0343 e. The van der Waals surface area contributed by atoms with Gasteiger partial charge in [-0.3, -0.25) is 4.90 Å². The highest BCUT2D eigenvalue weighted by molar-refractivity contribution is 9.10. The molecular formula is C16H19BrN2. The van der Waals surface area contributed by atoms with E-state index in [4.69, 9.17) is 5.73 Å². The number of hydrogen-bond acceptors (Lipinski definition) is 2. The van der Waals surface area contributed by atoms with Crippen LogP contribution in [-0.4, -0.2) is 11.9 Å². The number of hydrogen-bond donors (Lipinski definition) is 1. The summed E-state index contributed by atoms with van der Waals surface area (Å²) in [5, 5.41) is 0. The second kappa shape index (κ2) is 6.22. The Hall–Kier alpha value is -1.32. The third-order valence-electron chi connectivity index (χ3n) is 3.18. The lowest BCUT2D eigenvalue weighted by Gasteiger charge is -2.18. The van der Waals surface area contributed by atoms with E-state index in [-0.39, 0.29) is 0 Å². The van der Waals surface area contributed by atoms with Gasteiger partial charge in [0.1, 0.15) is 0 Å². The quantitative estimate of drug-likeness (QED) is 0.864. The zero-order chi connectivity index (χ0) is 13.8. The highest BCUT2D eigenvalue weighted by Crippen LogP contribution is 2.19. The Balaban J connectivity index is 2.03. The molecule has 2 nitrogen and oxygen atoms in total. The van der Waals surface area contributed by atoms with Gasteiger partial charge in [-0.15, -0.1) is 0 Å². The average molecular weight is 319 g/mol. The van der Waals surface area contributed by atoms with Gasteiger partial charge in [-0.05, 0) is 42.8 Å². The lowest BCUT2D eigenvalue weighted by molar-refractivity contribution is 0.318. The standard InChI is InChI=1S/C16H19BrN2/c1-12-9-13(7-8-16(12)18)10-19(2)11-14-5-3-4-6-15(14)17/h3-9H,10-11,18H2,1-2H3. The number of halogens is 1. The van der Waals surface area contributed by atoms with E-state index in [0.717, 1.165) is 28.8 Å². The van der Waals surface area contributed by atoms with Crippen LogP contribution in [0.25, 0.3) is 0 Å². The normalized spacial score (nSPS) is 10.9. The number of anilines is 1. The van der Waals surface area contributed by atoms with Crippen LogP contribution in [0.15, 0.2) is 46.9 Å². The average Bonchev–Trinajstić information content (AvgIpc) is 2.37. The first kappa shape index (κ1) is 14.1. The molecule has 0 atom stereocenters. The molecule has 0 amide bonds. The predicted octanol–water partition coefficient (Wildman–Crippen LogP) is 3.97. The van der Waals surface area contributed by atoms with Crippen molar-refractivity contribution in [1.82, 2.24) is 4.90 Å². The minimum atomic E-state index is 0.859. The van der Waals surface area contributed by atoms with Crippen molar-refractivity contribution < 1.29 is 0 Å². The summed E-state index contributed by atoms with van der Waals surface area (Å²) >= 11 is 3.59. The van der Waals surface area contributed by atoms with E-state index in [1.165, 1.54) is 11.1 Å². The molecule has 3 heteroatoms. The van der Waals surface area contributed by atoms with Crippen molar-refractivity contribution in [3.05, 3.63) is 63.6 Å². The first-order chi connectivity index (χ1) is 9.06. The molecule has 19 heavy (non-hydrogen) atoms. The van der Waals surface area contributed by atoms with Gasteiger partial charge in [0.2, 0.25) is 0 Å². The second-order valence-electron chi connectivity index (χ2n) is 4.95. The zero-order valence-corrected chi connectivity index (χ0v) is 12.9. The predicted molar refractivity (Wildman–Crippen MR) is 84.9 cm³/mol. The molecule has 0 saturated heterocycles. The third kappa shape index (κ3) is 3.82. The van der Waals surface area contributed by atoms with E-state index in [1.807, 2.05) is 19.1 Å². The molecule has 0 aliphatic heterocycles. The molecule has 0 aliphatic carbocycles. The number of rotatable bonds is 4. The van der Waals surface area contributed by atoms with Crippen LogP contribution < -0.4 is 5.73 Å². The molecule has 0 bridgehead atoms. The van der Waals surface area contributed by atoms with E-state index in [0.29, 0.717) is 0 Å². The summed E-state index contributed by atoms with van der Waals surface area (Å²) in [6.45, 7) is 3.89. The van der Waals surface area contributed by atoms with Crippen molar-refractivity contribution in [1.29, 1.82) is 0 Å². The first-order valence-electron chi connectivity index (χ1n) is 6.33. The summed E-state index contributed by atoms with van der Waals surface area (Å²) in [5.41, 5.74) is 10.4. The van der Waals surface area contributed by atoms with Crippen molar-refractivity contribution in [2.75, 3.05) is 12.8 Å². The Morgan fingerprint density at radius 1 is 1.11 bits per heavy atom. The maximum atomic E-state index is 5.84. The van der Waals surface area contributed by atoms with Gasteiger partial charge in [-0.25, -0.2) is 0 Å². The summed E-state index contributed by atoms with van der Waals surface area (Å²) in [7, 11) is 2.13. The number of nitrogen functional groups attached to an aromatic ring is 1. The van der Waals surface area contributed by atoms with Crippen LogP contribution in [0.5, 0.6) is 0 Å². The molecular weight excluding hydrogens is 300 g/mol. The number of nitrogens with zero attached hydrogens (tertiary/aromatic N) is 1. The number of aryl methyl sites for hydroxylation is 1. The summed E-state index contributed by atoms with van der Waals surface area (Å²) in [6, 6.07) is 14.6. The molecule has 0 aliphatic rings. The smallest absolute Gasteiger partial charge is 0.0343 e. The fraction of sp³-hybridized carbons (Fsp3) is 0.250. The summed E-state index contributed by atoms with van der Waals surface area (Å²) in [6.07, 6.45) is 0. The zero-order valence-electron chi connectivity index (χ0n) is 11.4. The van der Waals surface area contributed by atoms with Gasteiger partial charge in [-0.2, -0.15) is 0 Å². The summed E-state index contributed by atoms with van der Waals surface area (Å²) in [4.78, 5) is 2.30. The van der Waals surface area contributed by atoms with Crippen molar-refractivity contribution >= 4 is 21.6 Å². The van der Waals surface area contributed by atoms with Crippen LogP contribution in [-0.2, 0) is 13.1 Å². The fourth-order valence-corrected chi connectivity index (χ4v) is 2.53. The monoisotopic (exact) mass is 318 g/mol. The van der Waals surface area contributed by atoms with Crippen LogP contribution in [0.1, 0.15) is 16.7 Å². The van der Waals surface area contributed by atoms with Crippen LogP contribution in [0.3, 0.4) is 0 Å². The minimum Gasteiger partial charge on any atom is -0.399 e. The van der Waals surface area contributed by atoms with Crippen molar-refractivity contribution in [2.24, 2.45) is 0 Å². The van der Waals surface area contributed by atoms with E-state index in [9.17, 15) is 0 Å². The molecule has 0 radical (unpaired) electrons. The topological polar surface area (TPSA) is 29.3 Å².